The summed E-state index contributed by atoms with van der Waals surface area (Å²) in [5.74, 6) is 0.662. The van der Waals surface area contributed by atoms with Gasteiger partial charge in [0.2, 0.25) is 11.8 Å². The first-order valence-corrected chi connectivity index (χ1v) is 9.34. The predicted octanol–water partition coefficient (Wildman–Crippen LogP) is 3.30. The molecule has 2 fully saturated rings. The summed E-state index contributed by atoms with van der Waals surface area (Å²) in [4.78, 5) is 27.3. The number of halogens is 1. The van der Waals surface area contributed by atoms with Crippen LogP contribution in [0.5, 0.6) is 11.5 Å². The van der Waals surface area contributed by atoms with Gasteiger partial charge in [-0.25, -0.2) is 0 Å². The number of nitrogens with one attached hydrogen (secondary N) is 1. The van der Waals surface area contributed by atoms with Gasteiger partial charge in [0.1, 0.15) is 17.0 Å². The number of hydrogen-bond donors (Lipinski definition) is 1. The number of ether oxygens (including phenoxy) is 2. The zero-order valence-corrected chi connectivity index (χ0v) is 16.2. The zero-order valence-electron chi connectivity index (χ0n) is 15.4. The van der Waals surface area contributed by atoms with Crippen LogP contribution in [-0.4, -0.2) is 37.6 Å². The third kappa shape index (κ3) is 3.22. The second-order valence-corrected chi connectivity index (χ2v) is 7.52. The molecule has 1 heterocycles. The SMILES string of the molecule is COc1cc(OC)c(N2C(=O)CC[C@]2(C)C(=O)NC2CCCC2)cc1Cl. The fourth-order valence-electron chi connectivity index (χ4n) is 3.89. The maximum atomic E-state index is 13.1. The highest BCUT2D eigenvalue weighted by Crippen LogP contribution is 2.44. The highest BCUT2D eigenvalue weighted by molar-refractivity contribution is 6.32. The van der Waals surface area contributed by atoms with Crippen LogP contribution in [-0.2, 0) is 9.59 Å². The molecular weight excluding hydrogens is 356 g/mol. The van der Waals surface area contributed by atoms with Crippen LogP contribution in [0.2, 0.25) is 5.02 Å². The van der Waals surface area contributed by atoms with Gasteiger partial charge in [0.15, 0.2) is 0 Å². The molecule has 1 saturated heterocycles. The molecule has 1 aromatic rings. The van der Waals surface area contributed by atoms with Crippen molar-refractivity contribution in [2.24, 2.45) is 0 Å². The van der Waals surface area contributed by atoms with E-state index < -0.39 is 5.54 Å². The van der Waals surface area contributed by atoms with E-state index in [0.717, 1.165) is 25.7 Å². The summed E-state index contributed by atoms with van der Waals surface area (Å²) in [6, 6.07) is 3.46. The monoisotopic (exact) mass is 380 g/mol. The Morgan fingerprint density at radius 1 is 1.23 bits per heavy atom. The average Bonchev–Trinajstić information content (AvgIpc) is 3.23. The molecule has 0 unspecified atom stereocenters. The maximum Gasteiger partial charge on any atom is 0.246 e. The van der Waals surface area contributed by atoms with E-state index in [0.29, 0.717) is 35.1 Å². The van der Waals surface area contributed by atoms with Gasteiger partial charge in [-0.2, -0.15) is 0 Å². The minimum Gasteiger partial charge on any atom is -0.495 e. The Morgan fingerprint density at radius 3 is 2.50 bits per heavy atom. The summed E-state index contributed by atoms with van der Waals surface area (Å²) in [5, 5.41) is 3.49. The van der Waals surface area contributed by atoms with Gasteiger partial charge in [-0.15, -0.1) is 0 Å². The standard InChI is InChI=1S/C19H25ClN2O4/c1-19(18(24)21-12-6-4-5-7-12)9-8-17(23)22(19)14-10-13(20)15(25-2)11-16(14)26-3/h10-12H,4-9H2,1-3H3,(H,21,24)/t19-/m1/s1. The summed E-state index contributed by atoms with van der Waals surface area (Å²) in [5.41, 5.74) is -0.477. The van der Waals surface area contributed by atoms with E-state index in [9.17, 15) is 9.59 Å². The van der Waals surface area contributed by atoms with Crippen molar-refractivity contribution in [1.29, 1.82) is 0 Å². The van der Waals surface area contributed by atoms with Crippen LogP contribution >= 0.6 is 11.6 Å². The Balaban J connectivity index is 1.97. The van der Waals surface area contributed by atoms with E-state index in [1.54, 1.807) is 19.1 Å². The largest absolute Gasteiger partial charge is 0.495 e. The van der Waals surface area contributed by atoms with Crippen molar-refractivity contribution in [3.63, 3.8) is 0 Å². The number of carbonyl (C=O) groups excluding carboxylic acids is 2. The fourth-order valence-corrected chi connectivity index (χ4v) is 4.13. The molecule has 1 saturated carbocycles. The second kappa shape index (κ2) is 7.35. The minimum atomic E-state index is -0.967. The molecule has 0 spiro atoms. The fraction of sp³-hybridized carbons (Fsp3) is 0.579. The molecule has 1 aliphatic heterocycles. The lowest BCUT2D eigenvalue weighted by atomic mass is 9.96. The van der Waals surface area contributed by atoms with Gasteiger partial charge in [-0.1, -0.05) is 24.4 Å². The second-order valence-electron chi connectivity index (χ2n) is 7.12. The Labute approximate surface area is 158 Å². The molecule has 1 atom stereocenters. The predicted molar refractivity (Wildman–Crippen MR) is 100 cm³/mol. The van der Waals surface area contributed by atoms with Crippen molar-refractivity contribution in [2.75, 3.05) is 19.1 Å². The smallest absolute Gasteiger partial charge is 0.246 e. The molecule has 2 aliphatic rings. The molecule has 0 bridgehead atoms. The zero-order chi connectivity index (χ0) is 18.9. The third-order valence-corrected chi connectivity index (χ3v) is 5.74. The topological polar surface area (TPSA) is 67.9 Å². The van der Waals surface area contributed by atoms with Gasteiger partial charge in [-0.3, -0.25) is 14.5 Å². The van der Waals surface area contributed by atoms with Crippen LogP contribution in [0.4, 0.5) is 5.69 Å². The molecule has 26 heavy (non-hydrogen) atoms. The average molecular weight is 381 g/mol. The number of hydrogen-bond acceptors (Lipinski definition) is 4. The van der Waals surface area contributed by atoms with E-state index in [1.165, 1.54) is 19.1 Å². The summed E-state index contributed by atoms with van der Waals surface area (Å²) < 4.78 is 10.7. The van der Waals surface area contributed by atoms with Crippen LogP contribution in [0.1, 0.15) is 45.4 Å². The van der Waals surface area contributed by atoms with Gasteiger partial charge in [0, 0.05) is 18.5 Å². The van der Waals surface area contributed by atoms with Crippen LogP contribution in [0.3, 0.4) is 0 Å². The van der Waals surface area contributed by atoms with E-state index in [4.69, 9.17) is 21.1 Å². The van der Waals surface area contributed by atoms with E-state index in [2.05, 4.69) is 5.32 Å². The van der Waals surface area contributed by atoms with Gasteiger partial charge < -0.3 is 14.8 Å². The van der Waals surface area contributed by atoms with E-state index in [-0.39, 0.29) is 17.9 Å². The maximum absolute atomic E-state index is 13.1. The van der Waals surface area contributed by atoms with Crippen LogP contribution < -0.4 is 19.7 Å². The van der Waals surface area contributed by atoms with Crippen molar-refractivity contribution in [1.82, 2.24) is 5.32 Å². The molecule has 3 rings (SSSR count). The molecule has 1 aliphatic carbocycles. The number of nitrogens with zero attached hydrogens (tertiary/aromatic N) is 1. The lowest BCUT2D eigenvalue weighted by Gasteiger charge is -2.35. The molecule has 142 valence electrons. The van der Waals surface area contributed by atoms with E-state index in [1.807, 2.05) is 0 Å². The minimum absolute atomic E-state index is 0.117. The number of carbonyl (C=O) groups is 2. The lowest BCUT2D eigenvalue weighted by Crippen LogP contribution is -2.56. The molecule has 1 aromatic carbocycles. The third-order valence-electron chi connectivity index (χ3n) is 5.44. The summed E-state index contributed by atoms with van der Waals surface area (Å²) in [7, 11) is 3.03. The Morgan fingerprint density at radius 2 is 1.88 bits per heavy atom. The molecule has 0 radical (unpaired) electrons. The Bertz CT molecular complexity index is 718. The number of anilines is 1. The number of amides is 2. The van der Waals surface area contributed by atoms with Gasteiger partial charge >= 0.3 is 0 Å². The molecule has 7 heteroatoms. The van der Waals surface area contributed by atoms with Crippen LogP contribution in [0.25, 0.3) is 0 Å². The van der Waals surface area contributed by atoms with Crippen molar-refractivity contribution in [3.8, 4) is 11.5 Å². The Kier molecular flexibility index (Phi) is 5.32. The molecule has 1 N–H and O–H groups in total. The first-order valence-electron chi connectivity index (χ1n) is 8.96. The quantitative estimate of drug-likeness (QED) is 0.851. The molecule has 2 amide bonds. The van der Waals surface area contributed by atoms with Gasteiger partial charge in [0.05, 0.1) is 24.9 Å². The van der Waals surface area contributed by atoms with Crippen molar-refractivity contribution in [3.05, 3.63) is 17.2 Å². The number of benzene rings is 1. The van der Waals surface area contributed by atoms with Crippen LogP contribution in [0, 0.1) is 0 Å². The van der Waals surface area contributed by atoms with Crippen molar-refractivity contribution < 1.29 is 19.1 Å². The van der Waals surface area contributed by atoms with Crippen molar-refractivity contribution >= 4 is 29.1 Å². The summed E-state index contributed by atoms with van der Waals surface area (Å²) in [6.07, 6.45) is 5.01. The highest BCUT2D eigenvalue weighted by atomic mass is 35.5. The summed E-state index contributed by atoms with van der Waals surface area (Å²) >= 11 is 6.28. The molecule has 0 aromatic heterocycles. The number of rotatable bonds is 5. The van der Waals surface area contributed by atoms with Gasteiger partial charge in [-0.05, 0) is 32.3 Å². The van der Waals surface area contributed by atoms with E-state index >= 15 is 0 Å². The Hall–Kier alpha value is -1.95. The summed E-state index contributed by atoms with van der Waals surface area (Å²) in [6.45, 7) is 1.81. The van der Waals surface area contributed by atoms with Crippen LogP contribution in [0.15, 0.2) is 12.1 Å². The highest BCUT2D eigenvalue weighted by Gasteiger charge is 2.49. The molecule has 6 nitrogen and oxygen atoms in total. The first-order chi connectivity index (χ1) is 12.4. The lowest BCUT2D eigenvalue weighted by molar-refractivity contribution is -0.127. The number of methoxy groups -OCH3 is 2. The first kappa shape index (κ1) is 18.8. The van der Waals surface area contributed by atoms with Crippen molar-refractivity contribution in [2.45, 2.75) is 57.0 Å². The normalized spacial score (nSPS) is 23.4. The molecular formula is C19H25ClN2O4. The van der Waals surface area contributed by atoms with Gasteiger partial charge in [0.25, 0.3) is 0 Å².